The number of piperidine rings is 1. The third-order valence-electron chi connectivity index (χ3n) is 4.98. The number of unbranched alkanes of at least 4 members (excludes halogenated alkanes) is 1. The van der Waals surface area contributed by atoms with Crippen LogP contribution in [0.15, 0.2) is 30.3 Å². The molecule has 0 unspecified atom stereocenters. The highest BCUT2D eigenvalue weighted by molar-refractivity contribution is 6.35. The van der Waals surface area contributed by atoms with Gasteiger partial charge in [-0.1, -0.05) is 43.1 Å². The van der Waals surface area contributed by atoms with Gasteiger partial charge in [0.1, 0.15) is 5.69 Å². The van der Waals surface area contributed by atoms with E-state index < -0.39 is 0 Å². The molecule has 4 nitrogen and oxygen atoms in total. The van der Waals surface area contributed by atoms with Crippen LogP contribution in [0.1, 0.15) is 43.1 Å². The average Bonchev–Trinajstić information content (AvgIpc) is 2.65. The maximum atomic E-state index is 12.4. The van der Waals surface area contributed by atoms with Crippen LogP contribution in [0, 0.1) is 5.92 Å². The summed E-state index contributed by atoms with van der Waals surface area (Å²) in [7, 11) is 0. The van der Waals surface area contributed by atoms with Crippen molar-refractivity contribution in [3.05, 3.63) is 41.0 Å². The summed E-state index contributed by atoms with van der Waals surface area (Å²) in [6.45, 7) is 6.43. The number of pyridine rings is 1. The fourth-order valence-corrected chi connectivity index (χ4v) is 3.64. The van der Waals surface area contributed by atoms with Gasteiger partial charge in [0.2, 0.25) is 0 Å². The number of para-hydroxylation sites is 1. The van der Waals surface area contributed by atoms with Crippen molar-refractivity contribution in [3.8, 4) is 0 Å². The molecule has 134 valence electrons. The predicted molar refractivity (Wildman–Crippen MR) is 103 cm³/mol. The minimum atomic E-state index is -0.138. The normalized spacial score (nSPS) is 16.2. The Morgan fingerprint density at radius 3 is 2.84 bits per heavy atom. The van der Waals surface area contributed by atoms with Crippen molar-refractivity contribution in [3.63, 3.8) is 0 Å². The van der Waals surface area contributed by atoms with Crippen molar-refractivity contribution < 1.29 is 4.79 Å². The second kappa shape index (κ2) is 8.63. The Labute approximate surface area is 154 Å². The Morgan fingerprint density at radius 1 is 1.32 bits per heavy atom. The van der Waals surface area contributed by atoms with Gasteiger partial charge in [-0.05, 0) is 56.9 Å². The number of likely N-dealkylation sites (tertiary alicyclic amines) is 1. The van der Waals surface area contributed by atoms with Crippen molar-refractivity contribution >= 4 is 28.4 Å². The number of rotatable bonds is 6. The zero-order chi connectivity index (χ0) is 17.6. The lowest BCUT2D eigenvalue weighted by Crippen LogP contribution is -2.39. The van der Waals surface area contributed by atoms with Crippen molar-refractivity contribution in [1.82, 2.24) is 15.2 Å². The predicted octanol–water partition coefficient (Wildman–Crippen LogP) is 4.13. The molecule has 0 saturated carbocycles. The smallest absolute Gasteiger partial charge is 0.269 e. The van der Waals surface area contributed by atoms with Gasteiger partial charge >= 0.3 is 0 Å². The van der Waals surface area contributed by atoms with Crippen LogP contribution >= 0.6 is 11.6 Å². The van der Waals surface area contributed by atoms with Gasteiger partial charge in [-0.25, -0.2) is 4.98 Å². The molecule has 1 N–H and O–H groups in total. The first kappa shape index (κ1) is 18.2. The Hall–Kier alpha value is -1.65. The van der Waals surface area contributed by atoms with Crippen molar-refractivity contribution in [1.29, 1.82) is 0 Å². The molecular weight excluding hydrogens is 334 g/mol. The molecule has 0 bridgehead atoms. The fourth-order valence-electron chi connectivity index (χ4n) is 3.37. The molecule has 0 spiro atoms. The molecule has 3 rings (SSSR count). The Morgan fingerprint density at radius 2 is 2.08 bits per heavy atom. The molecule has 1 aromatic heterocycles. The first-order valence-electron chi connectivity index (χ1n) is 9.23. The maximum absolute atomic E-state index is 12.4. The third kappa shape index (κ3) is 4.71. The largest absolute Gasteiger partial charge is 0.350 e. The van der Waals surface area contributed by atoms with Gasteiger partial charge in [0.15, 0.2) is 0 Å². The van der Waals surface area contributed by atoms with Crippen molar-refractivity contribution in [2.75, 3.05) is 26.2 Å². The number of amides is 1. The summed E-state index contributed by atoms with van der Waals surface area (Å²) in [5, 5.41) is 4.48. The van der Waals surface area contributed by atoms with Gasteiger partial charge in [-0.15, -0.1) is 0 Å². The molecule has 1 aliphatic heterocycles. The van der Waals surface area contributed by atoms with Crippen molar-refractivity contribution in [2.24, 2.45) is 5.92 Å². The number of fused-ring (bicyclic) bond motifs is 1. The number of carbonyl (C=O) groups excluding carboxylic acids is 1. The van der Waals surface area contributed by atoms with Crippen LogP contribution in [0.2, 0.25) is 5.02 Å². The van der Waals surface area contributed by atoms with E-state index in [2.05, 4.69) is 22.1 Å². The first-order chi connectivity index (χ1) is 12.2. The lowest BCUT2D eigenvalue weighted by molar-refractivity contribution is 0.0931. The van der Waals surface area contributed by atoms with Gasteiger partial charge < -0.3 is 10.2 Å². The summed E-state index contributed by atoms with van der Waals surface area (Å²) in [5.41, 5.74) is 1.15. The molecule has 0 radical (unpaired) electrons. The lowest BCUT2D eigenvalue weighted by Gasteiger charge is -2.31. The number of nitrogens with zero attached hydrogens (tertiary/aromatic N) is 2. The highest BCUT2D eigenvalue weighted by atomic mass is 35.5. The SMILES string of the molecule is CCCCN1CCC(CNC(=O)c2cc(Cl)c3ccccc3n2)CC1. The van der Waals surface area contributed by atoms with Gasteiger partial charge in [0, 0.05) is 11.9 Å². The summed E-state index contributed by atoms with van der Waals surface area (Å²) < 4.78 is 0. The summed E-state index contributed by atoms with van der Waals surface area (Å²) in [5.74, 6) is 0.416. The van der Waals surface area contributed by atoms with E-state index in [1.807, 2.05) is 24.3 Å². The molecule has 0 aliphatic carbocycles. The number of hydrogen-bond acceptors (Lipinski definition) is 3. The second-order valence-electron chi connectivity index (χ2n) is 6.86. The van der Waals surface area contributed by atoms with Gasteiger partial charge in [-0.3, -0.25) is 4.79 Å². The lowest BCUT2D eigenvalue weighted by atomic mass is 9.96. The molecule has 1 amide bonds. The van der Waals surface area contributed by atoms with Crippen LogP contribution in [0.25, 0.3) is 10.9 Å². The third-order valence-corrected chi connectivity index (χ3v) is 5.30. The van der Waals surface area contributed by atoms with Crippen LogP contribution < -0.4 is 5.32 Å². The zero-order valence-corrected chi connectivity index (χ0v) is 15.6. The highest BCUT2D eigenvalue weighted by Crippen LogP contribution is 2.23. The van der Waals surface area contributed by atoms with E-state index >= 15 is 0 Å². The minimum Gasteiger partial charge on any atom is -0.350 e. The molecule has 25 heavy (non-hydrogen) atoms. The molecule has 1 saturated heterocycles. The Balaban J connectivity index is 1.53. The molecule has 1 aromatic carbocycles. The van der Waals surface area contributed by atoms with E-state index in [0.29, 0.717) is 23.2 Å². The number of halogens is 1. The molecule has 0 atom stereocenters. The Bertz CT molecular complexity index is 726. The standard InChI is InChI=1S/C20H26ClN3O/c1-2-3-10-24-11-8-15(9-12-24)14-22-20(25)19-13-17(21)16-6-4-5-7-18(16)23-19/h4-7,13,15H,2-3,8-12,14H2,1H3,(H,22,25). The fraction of sp³-hybridized carbons (Fsp3) is 0.500. The van der Waals surface area contributed by atoms with Crippen LogP contribution in [0.5, 0.6) is 0 Å². The molecule has 5 heteroatoms. The highest BCUT2D eigenvalue weighted by Gasteiger charge is 2.20. The van der Waals surface area contributed by atoms with E-state index in [1.54, 1.807) is 6.07 Å². The topological polar surface area (TPSA) is 45.2 Å². The zero-order valence-electron chi connectivity index (χ0n) is 14.8. The number of hydrogen-bond donors (Lipinski definition) is 1. The van der Waals surface area contributed by atoms with Crippen LogP contribution in [0.4, 0.5) is 0 Å². The van der Waals surface area contributed by atoms with E-state index in [9.17, 15) is 4.79 Å². The van der Waals surface area contributed by atoms with Gasteiger partial charge in [0.25, 0.3) is 5.91 Å². The summed E-state index contributed by atoms with van der Waals surface area (Å²) in [6, 6.07) is 9.28. The van der Waals surface area contributed by atoms with Crippen molar-refractivity contribution in [2.45, 2.75) is 32.6 Å². The molecular formula is C20H26ClN3O. The Kier molecular flexibility index (Phi) is 6.27. The number of carbonyl (C=O) groups is 1. The van der Waals surface area contributed by atoms with E-state index in [4.69, 9.17) is 11.6 Å². The van der Waals surface area contributed by atoms with E-state index in [1.165, 1.54) is 19.4 Å². The molecule has 2 aromatic rings. The first-order valence-corrected chi connectivity index (χ1v) is 9.61. The molecule has 1 fully saturated rings. The van der Waals surface area contributed by atoms with Crippen LogP contribution in [-0.4, -0.2) is 42.0 Å². The maximum Gasteiger partial charge on any atom is 0.269 e. The van der Waals surface area contributed by atoms with Crippen LogP contribution in [0.3, 0.4) is 0 Å². The monoisotopic (exact) mass is 359 g/mol. The average molecular weight is 360 g/mol. The number of benzene rings is 1. The number of nitrogens with one attached hydrogen (secondary N) is 1. The van der Waals surface area contributed by atoms with E-state index in [0.717, 1.165) is 36.8 Å². The quantitative estimate of drug-likeness (QED) is 0.843. The molecule has 2 heterocycles. The van der Waals surface area contributed by atoms with Gasteiger partial charge in [0.05, 0.1) is 10.5 Å². The summed E-state index contributed by atoms with van der Waals surface area (Å²) in [6.07, 6.45) is 4.82. The minimum absolute atomic E-state index is 0.138. The summed E-state index contributed by atoms with van der Waals surface area (Å²) >= 11 is 6.29. The second-order valence-corrected chi connectivity index (χ2v) is 7.26. The van der Waals surface area contributed by atoms with Gasteiger partial charge in [-0.2, -0.15) is 0 Å². The van der Waals surface area contributed by atoms with Crippen LogP contribution in [-0.2, 0) is 0 Å². The number of aromatic nitrogens is 1. The summed E-state index contributed by atoms with van der Waals surface area (Å²) in [4.78, 5) is 19.4. The molecule has 1 aliphatic rings. The van der Waals surface area contributed by atoms with E-state index in [-0.39, 0.29) is 5.91 Å².